The van der Waals surface area contributed by atoms with E-state index in [0.717, 1.165) is 39.6 Å². The number of nitrogens with zero attached hydrogens (tertiary/aromatic N) is 4. The fourth-order valence-corrected chi connectivity index (χ4v) is 6.24. The molecule has 0 saturated heterocycles. The second-order valence-electron chi connectivity index (χ2n) is 9.23. The van der Waals surface area contributed by atoms with E-state index in [4.69, 9.17) is 4.98 Å². The van der Waals surface area contributed by atoms with Gasteiger partial charge in [-0.25, -0.2) is 4.98 Å². The van der Waals surface area contributed by atoms with Gasteiger partial charge in [0.05, 0.1) is 26.9 Å². The standard InChI is InChI=1S/C33H24N4S/c1-34-29(22-36-20-8-3-9-21-36)23-14-16-25(17-15-23)37-30-13-7-6-12-26(30)27-18-19-28-32(31(27)37)38-33(35-28)24-10-4-2-5-11-24/h2-20,22H,1,21H2/b29-22-. The zero-order chi connectivity index (χ0) is 25.5. The maximum Gasteiger partial charge on any atom is 0.124 e. The Bertz CT molecular complexity index is 1900. The summed E-state index contributed by atoms with van der Waals surface area (Å²) in [5.41, 5.74) is 7.51. The monoisotopic (exact) mass is 508 g/mol. The molecule has 0 amide bonds. The van der Waals surface area contributed by atoms with E-state index in [1.807, 2.05) is 24.5 Å². The van der Waals surface area contributed by atoms with E-state index >= 15 is 0 Å². The van der Waals surface area contributed by atoms with E-state index in [2.05, 4.69) is 118 Å². The first kappa shape index (κ1) is 22.5. The van der Waals surface area contributed by atoms with Crippen LogP contribution in [0, 0.1) is 0 Å². The fraction of sp³-hybridized carbons (Fsp3) is 0.0303. The Balaban J connectivity index is 1.40. The molecule has 4 nitrogen and oxygen atoms in total. The molecule has 0 atom stereocenters. The Morgan fingerprint density at radius 2 is 1.68 bits per heavy atom. The summed E-state index contributed by atoms with van der Waals surface area (Å²) >= 11 is 1.75. The normalized spacial score (nSPS) is 13.7. The van der Waals surface area contributed by atoms with Crippen LogP contribution < -0.4 is 0 Å². The summed E-state index contributed by atoms with van der Waals surface area (Å²) in [4.78, 5) is 11.4. The van der Waals surface area contributed by atoms with Crippen LogP contribution in [0.2, 0.25) is 0 Å². The van der Waals surface area contributed by atoms with Crippen LogP contribution in [-0.4, -0.2) is 27.7 Å². The first-order chi connectivity index (χ1) is 18.8. The first-order valence-electron chi connectivity index (χ1n) is 12.6. The van der Waals surface area contributed by atoms with Gasteiger partial charge in [0.1, 0.15) is 5.01 Å². The molecule has 182 valence electrons. The van der Waals surface area contributed by atoms with Crippen molar-refractivity contribution in [2.45, 2.75) is 0 Å². The molecule has 5 heteroatoms. The molecule has 1 aliphatic rings. The van der Waals surface area contributed by atoms with Crippen molar-refractivity contribution < 1.29 is 0 Å². The van der Waals surface area contributed by atoms with E-state index in [1.54, 1.807) is 11.3 Å². The molecule has 2 aromatic heterocycles. The molecular formula is C33H24N4S. The number of hydrogen-bond acceptors (Lipinski definition) is 4. The van der Waals surface area contributed by atoms with Crippen molar-refractivity contribution in [2.24, 2.45) is 4.99 Å². The SMILES string of the molecule is C=N/C(=C\N1C=CC=CC1)c1ccc(-n2c3ccccc3c3ccc4nc(-c5ccccc5)sc4c32)cc1. The van der Waals surface area contributed by atoms with Gasteiger partial charge in [-0.05, 0) is 43.1 Å². The second kappa shape index (κ2) is 9.29. The minimum absolute atomic E-state index is 0.824. The van der Waals surface area contributed by atoms with E-state index in [0.29, 0.717) is 0 Å². The average molecular weight is 509 g/mol. The number of aliphatic imine (C=N–C) groups is 1. The molecule has 7 rings (SSSR count). The Morgan fingerprint density at radius 1 is 0.868 bits per heavy atom. The molecule has 6 aromatic rings. The van der Waals surface area contributed by atoms with Crippen molar-refractivity contribution in [3.63, 3.8) is 0 Å². The van der Waals surface area contributed by atoms with Crippen LogP contribution in [0.5, 0.6) is 0 Å². The van der Waals surface area contributed by atoms with Gasteiger partial charge >= 0.3 is 0 Å². The highest BCUT2D eigenvalue weighted by atomic mass is 32.1. The predicted molar refractivity (Wildman–Crippen MR) is 162 cm³/mol. The number of benzene rings is 4. The maximum absolute atomic E-state index is 5.01. The summed E-state index contributed by atoms with van der Waals surface area (Å²) < 4.78 is 3.56. The predicted octanol–water partition coefficient (Wildman–Crippen LogP) is 8.44. The Morgan fingerprint density at radius 3 is 2.47 bits per heavy atom. The van der Waals surface area contributed by atoms with Crippen LogP contribution in [-0.2, 0) is 0 Å². The van der Waals surface area contributed by atoms with Crippen LogP contribution in [0.4, 0.5) is 0 Å². The fourth-order valence-electron chi connectivity index (χ4n) is 5.13. The third kappa shape index (κ3) is 3.76. The van der Waals surface area contributed by atoms with Crippen LogP contribution in [0.1, 0.15) is 5.56 Å². The highest BCUT2D eigenvalue weighted by Crippen LogP contribution is 2.40. The van der Waals surface area contributed by atoms with Crippen molar-refractivity contribution in [3.8, 4) is 16.3 Å². The summed E-state index contributed by atoms with van der Waals surface area (Å²) in [5.74, 6) is 0. The zero-order valence-corrected chi connectivity index (χ0v) is 21.5. The van der Waals surface area contributed by atoms with E-state index in [-0.39, 0.29) is 0 Å². The molecule has 38 heavy (non-hydrogen) atoms. The van der Waals surface area contributed by atoms with Crippen LogP contribution >= 0.6 is 11.3 Å². The van der Waals surface area contributed by atoms with E-state index in [9.17, 15) is 0 Å². The highest BCUT2D eigenvalue weighted by Gasteiger charge is 2.18. The van der Waals surface area contributed by atoms with Gasteiger partial charge in [0, 0.05) is 46.5 Å². The van der Waals surface area contributed by atoms with Gasteiger partial charge in [0.2, 0.25) is 0 Å². The lowest BCUT2D eigenvalue weighted by molar-refractivity contribution is 0.561. The molecule has 0 saturated carbocycles. The third-order valence-electron chi connectivity index (χ3n) is 6.93. The maximum atomic E-state index is 5.01. The Hall–Kier alpha value is -4.74. The first-order valence-corrected chi connectivity index (χ1v) is 13.4. The number of allylic oxidation sites excluding steroid dienone is 2. The summed E-state index contributed by atoms with van der Waals surface area (Å²) in [6, 6.07) is 32.0. The molecule has 0 unspecified atom stereocenters. The molecule has 1 aliphatic heterocycles. The largest absolute Gasteiger partial charge is 0.348 e. The Labute approximate surface area is 224 Å². The average Bonchev–Trinajstić information content (AvgIpc) is 3.57. The van der Waals surface area contributed by atoms with E-state index < -0.39 is 0 Å². The summed E-state index contributed by atoms with van der Waals surface area (Å²) in [5, 5.41) is 3.51. The summed E-state index contributed by atoms with van der Waals surface area (Å²) in [6.07, 6.45) is 10.3. The zero-order valence-electron chi connectivity index (χ0n) is 20.7. The smallest absolute Gasteiger partial charge is 0.124 e. The topological polar surface area (TPSA) is 33.4 Å². The van der Waals surface area contributed by atoms with Crippen molar-refractivity contribution in [2.75, 3.05) is 6.54 Å². The van der Waals surface area contributed by atoms with Crippen molar-refractivity contribution >= 4 is 55.8 Å². The molecular weight excluding hydrogens is 484 g/mol. The third-order valence-corrected chi connectivity index (χ3v) is 8.06. The van der Waals surface area contributed by atoms with Crippen molar-refractivity contribution in [1.29, 1.82) is 0 Å². The number of para-hydroxylation sites is 1. The van der Waals surface area contributed by atoms with Gasteiger partial charge in [-0.3, -0.25) is 4.99 Å². The minimum atomic E-state index is 0.824. The van der Waals surface area contributed by atoms with Gasteiger partial charge in [-0.15, -0.1) is 11.3 Å². The lowest BCUT2D eigenvalue weighted by Crippen LogP contribution is -2.11. The number of fused-ring (bicyclic) bond motifs is 5. The van der Waals surface area contributed by atoms with Gasteiger partial charge in [-0.1, -0.05) is 72.8 Å². The van der Waals surface area contributed by atoms with Crippen molar-refractivity contribution in [3.05, 3.63) is 127 Å². The molecule has 0 fully saturated rings. The summed E-state index contributed by atoms with van der Waals surface area (Å²) in [7, 11) is 0. The molecule has 0 N–H and O–H groups in total. The summed E-state index contributed by atoms with van der Waals surface area (Å²) in [6.45, 7) is 4.64. The molecule has 0 bridgehead atoms. The van der Waals surface area contributed by atoms with Gasteiger partial charge < -0.3 is 9.47 Å². The number of hydrogen-bond donors (Lipinski definition) is 0. The van der Waals surface area contributed by atoms with Crippen LogP contribution in [0.3, 0.4) is 0 Å². The van der Waals surface area contributed by atoms with Crippen LogP contribution in [0.15, 0.2) is 127 Å². The molecule has 0 radical (unpaired) electrons. The molecule has 0 spiro atoms. The van der Waals surface area contributed by atoms with E-state index in [1.165, 1.54) is 26.5 Å². The lowest BCUT2D eigenvalue weighted by Gasteiger charge is -2.17. The van der Waals surface area contributed by atoms with Crippen LogP contribution in [0.25, 0.3) is 54.0 Å². The van der Waals surface area contributed by atoms with Gasteiger partial charge in [-0.2, -0.15) is 0 Å². The van der Waals surface area contributed by atoms with Gasteiger partial charge in [0.25, 0.3) is 0 Å². The minimum Gasteiger partial charge on any atom is -0.348 e. The lowest BCUT2D eigenvalue weighted by atomic mass is 10.1. The van der Waals surface area contributed by atoms with Crippen molar-refractivity contribution in [1.82, 2.24) is 14.5 Å². The highest BCUT2D eigenvalue weighted by molar-refractivity contribution is 7.22. The van der Waals surface area contributed by atoms with Gasteiger partial charge in [0.15, 0.2) is 0 Å². The number of aromatic nitrogens is 2. The molecule has 4 aromatic carbocycles. The quantitative estimate of drug-likeness (QED) is 0.219. The molecule has 0 aliphatic carbocycles. The number of rotatable bonds is 5. The number of thiazole rings is 1. The molecule has 3 heterocycles. The second-order valence-corrected chi connectivity index (χ2v) is 10.2. The Kier molecular flexibility index (Phi) is 5.49.